The molecule has 0 spiro atoms. The summed E-state index contributed by atoms with van der Waals surface area (Å²) in [6.45, 7) is 13.1. The van der Waals surface area contributed by atoms with E-state index in [1.807, 2.05) is 0 Å². The van der Waals surface area contributed by atoms with Gasteiger partial charge in [-0.25, -0.2) is 0 Å². The van der Waals surface area contributed by atoms with E-state index in [1.165, 1.54) is 50.0 Å². The lowest BCUT2D eigenvalue weighted by atomic mass is 10.00. The van der Waals surface area contributed by atoms with Gasteiger partial charge in [0.15, 0.2) is 5.96 Å². The van der Waals surface area contributed by atoms with Crippen molar-refractivity contribution in [3.63, 3.8) is 0 Å². The van der Waals surface area contributed by atoms with Gasteiger partial charge in [0.25, 0.3) is 0 Å². The van der Waals surface area contributed by atoms with E-state index >= 15 is 0 Å². The van der Waals surface area contributed by atoms with Crippen LogP contribution in [0, 0.1) is 0 Å². The topological polar surface area (TPSA) is 42.9 Å². The zero-order chi connectivity index (χ0) is 18.9. The van der Waals surface area contributed by atoms with E-state index in [0.717, 1.165) is 45.1 Å². The van der Waals surface area contributed by atoms with E-state index in [9.17, 15) is 0 Å². The Bertz CT molecular complexity index is 592. The molecule has 0 amide bonds. The molecule has 1 saturated heterocycles. The van der Waals surface area contributed by atoms with Gasteiger partial charge >= 0.3 is 0 Å². The van der Waals surface area contributed by atoms with Gasteiger partial charge in [-0.2, -0.15) is 0 Å². The third-order valence-corrected chi connectivity index (χ3v) is 5.71. The van der Waals surface area contributed by atoms with Crippen LogP contribution < -0.4 is 10.6 Å². The Kier molecular flexibility index (Phi) is 7.96. The van der Waals surface area contributed by atoms with Gasteiger partial charge in [-0.15, -0.1) is 0 Å². The molecule has 0 atom stereocenters. The maximum atomic E-state index is 4.85. The molecule has 2 aliphatic rings. The first kappa shape index (κ1) is 20.2. The van der Waals surface area contributed by atoms with Crippen LogP contribution in [0.4, 0.5) is 0 Å². The van der Waals surface area contributed by atoms with Crippen LogP contribution in [0.2, 0.25) is 0 Å². The molecule has 0 aromatic heterocycles. The molecule has 0 aliphatic carbocycles. The normalized spacial score (nSPS) is 19.7. The Balaban J connectivity index is 1.44. The number of aliphatic imine (C=N–C) groups is 1. The number of hydrogen-bond donors (Lipinski definition) is 2. The van der Waals surface area contributed by atoms with Crippen molar-refractivity contribution in [1.29, 1.82) is 0 Å². The van der Waals surface area contributed by atoms with E-state index in [2.05, 4.69) is 58.5 Å². The van der Waals surface area contributed by atoms with Crippen LogP contribution in [0.15, 0.2) is 29.3 Å². The van der Waals surface area contributed by atoms with Gasteiger partial charge in [0.05, 0.1) is 6.54 Å². The number of likely N-dealkylation sites (tertiary alicyclic amines) is 1. The van der Waals surface area contributed by atoms with Crippen molar-refractivity contribution in [3.05, 3.63) is 35.4 Å². The van der Waals surface area contributed by atoms with Gasteiger partial charge < -0.3 is 15.5 Å². The van der Waals surface area contributed by atoms with E-state index < -0.39 is 0 Å². The van der Waals surface area contributed by atoms with Crippen LogP contribution >= 0.6 is 0 Å². The van der Waals surface area contributed by atoms with Crippen LogP contribution in [0.1, 0.15) is 44.2 Å². The SMILES string of the molecule is CCCN1CCC(NC(=NCCN2CCc3ccccc3C2)NCC)CC1. The molecular weight excluding hydrogens is 334 g/mol. The van der Waals surface area contributed by atoms with Crippen LogP contribution in [-0.2, 0) is 13.0 Å². The molecule has 2 N–H and O–H groups in total. The predicted octanol–water partition coefficient (Wildman–Crippen LogP) is 2.47. The van der Waals surface area contributed by atoms with Crippen molar-refractivity contribution >= 4 is 5.96 Å². The Morgan fingerprint density at radius 1 is 1.04 bits per heavy atom. The second-order valence-electron chi connectivity index (χ2n) is 7.82. The van der Waals surface area contributed by atoms with Gasteiger partial charge in [0.2, 0.25) is 0 Å². The van der Waals surface area contributed by atoms with Crippen molar-refractivity contribution < 1.29 is 0 Å². The molecule has 2 heterocycles. The highest BCUT2D eigenvalue weighted by molar-refractivity contribution is 5.80. The molecule has 0 radical (unpaired) electrons. The maximum Gasteiger partial charge on any atom is 0.191 e. The summed E-state index contributed by atoms with van der Waals surface area (Å²) in [6.07, 6.45) is 4.85. The van der Waals surface area contributed by atoms with E-state index in [1.54, 1.807) is 0 Å². The number of hydrogen-bond acceptors (Lipinski definition) is 3. The summed E-state index contributed by atoms with van der Waals surface area (Å²) >= 11 is 0. The number of rotatable bonds is 7. The van der Waals surface area contributed by atoms with Gasteiger partial charge in [-0.1, -0.05) is 31.2 Å². The van der Waals surface area contributed by atoms with Crippen LogP contribution in [0.25, 0.3) is 0 Å². The summed E-state index contributed by atoms with van der Waals surface area (Å²) in [6, 6.07) is 9.39. The van der Waals surface area contributed by atoms with Gasteiger partial charge in [-0.3, -0.25) is 9.89 Å². The van der Waals surface area contributed by atoms with Crippen molar-refractivity contribution in [2.45, 2.75) is 52.1 Å². The summed E-state index contributed by atoms with van der Waals surface area (Å²) in [5.41, 5.74) is 3.00. The summed E-state index contributed by atoms with van der Waals surface area (Å²) in [5.74, 6) is 0.990. The first-order valence-corrected chi connectivity index (χ1v) is 10.8. The minimum Gasteiger partial charge on any atom is -0.357 e. The minimum absolute atomic E-state index is 0.553. The average Bonchev–Trinajstić information content (AvgIpc) is 2.70. The van der Waals surface area contributed by atoms with Gasteiger partial charge in [0.1, 0.15) is 0 Å². The molecule has 1 aromatic carbocycles. The van der Waals surface area contributed by atoms with Crippen molar-refractivity contribution in [2.24, 2.45) is 4.99 Å². The minimum atomic E-state index is 0.553. The molecule has 5 heteroatoms. The van der Waals surface area contributed by atoms with Crippen molar-refractivity contribution in [2.75, 3.05) is 45.8 Å². The van der Waals surface area contributed by atoms with Crippen LogP contribution in [0.5, 0.6) is 0 Å². The second kappa shape index (κ2) is 10.7. The van der Waals surface area contributed by atoms with Crippen LogP contribution in [0.3, 0.4) is 0 Å². The number of fused-ring (bicyclic) bond motifs is 1. The van der Waals surface area contributed by atoms with Crippen molar-refractivity contribution in [1.82, 2.24) is 20.4 Å². The molecule has 27 heavy (non-hydrogen) atoms. The highest BCUT2D eigenvalue weighted by Crippen LogP contribution is 2.18. The molecule has 0 bridgehead atoms. The zero-order valence-electron chi connectivity index (χ0n) is 17.2. The fourth-order valence-corrected chi connectivity index (χ4v) is 4.18. The first-order chi connectivity index (χ1) is 13.3. The van der Waals surface area contributed by atoms with Gasteiger partial charge in [-0.05, 0) is 50.3 Å². The molecule has 1 fully saturated rings. The van der Waals surface area contributed by atoms with E-state index in [4.69, 9.17) is 4.99 Å². The quantitative estimate of drug-likeness (QED) is 0.571. The van der Waals surface area contributed by atoms with E-state index in [-0.39, 0.29) is 0 Å². The van der Waals surface area contributed by atoms with Crippen molar-refractivity contribution in [3.8, 4) is 0 Å². The lowest BCUT2D eigenvalue weighted by Gasteiger charge is -2.33. The number of nitrogens with zero attached hydrogens (tertiary/aromatic N) is 3. The highest BCUT2D eigenvalue weighted by Gasteiger charge is 2.19. The molecule has 0 unspecified atom stereocenters. The lowest BCUT2D eigenvalue weighted by Crippen LogP contribution is -2.49. The highest BCUT2D eigenvalue weighted by atomic mass is 15.2. The largest absolute Gasteiger partial charge is 0.357 e. The van der Waals surface area contributed by atoms with Gasteiger partial charge in [0, 0.05) is 45.3 Å². The smallest absolute Gasteiger partial charge is 0.191 e. The Morgan fingerprint density at radius 3 is 2.56 bits per heavy atom. The molecular formula is C22H37N5. The lowest BCUT2D eigenvalue weighted by molar-refractivity contribution is 0.206. The zero-order valence-corrected chi connectivity index (χ0v) is 17.2. The third-order valence-electron chi connectivity index (χ3n) is 5.71. The number of guanidine groups is 1. The molecule has 2 aliphatic heterocycles. The number of nitrogens with one attached hydrogen (secondary N) is 2. The molecule has 0 saturated carbocycles. The Morgan fingerprint density at radius 2 is 1.81 bits per heavy atom. The Labute approximate surface area is 165 Å². The molecule has 3 rings (SSSR count). The fourth-order valence-electron chi connectivity index (χ4n) is 4.18. The number of benzene rings is 1. The summed E-state index contributed by atoms with van der Waals surface area (Å²) in [7, 11) is 0. The standard InChI is InChI=1S/C22H37N5/c1-3-13-26-15-10-21(11-16-26)25-22(23-4-2)24-12-17-27-14-9-19-7-5-6-8-20(19)18-27/h5-8,21H,3-4,9-18H2,1-2H3,(H2,23,24,25). The molecule has 1 aromatic rings. The molecule has 5 nitrogen and oxygen atoms in total. The van der Waals surface area contributed by atoms with Crippen LogP contribution in [-0.4, -0.2) is 67.6 Å². The maximum absolute atomic E-state index is 4.85. The summed E-state index contributed by atoms with van der Waals surface area (Å²) in [4.78, 5) is 9.96. The Hall–Kier alpha value is -1.59. The summed E-state index contributed by atoms with van der Waals surface area (Å²) < 4.78 is 0. The fraction of sp³-hybridized carbons (Fsp3) is 0.682. The van der Waals surface area contributed by atoms with E-state index in [0.29, 0.717) is 6.04 Å². The molecule has 150 valence electrons. The average molecular weight is 372 g/mol. The first-order valence-electron chi connectivity index (χ1n) is 10.8. The number of piperidine rings is 1. The monoisotopic (exact) mass is 371 g/mol. The summed E-state index contributed by atoms with van der Waals surface area (Å²) in [5, 5.41) is 7.09. The predicted molar refractivity (Wildman–Crippen MR) is 114 cm³/mol. The second-order valence-corrected chi connectivity index (χ2v) is 7.82. The third kappa shape index (κ3) is 6.22.